The third-order valence-electron chi connectivity index (χ3n) is 4.01. The zero-order chi connectivity index (χ0) is 15.0. The molecule has 110 valence electrons. The molecule has 2 heterocycles. The molecule has 21 heavy (non-hydrogen) atoms. The van der Waals surface area contributed by atoms with Crippen molar-refractivity contribution in [2.24, 2.45) is 0 Å². The smallest absolute Gasteiger partial charge is 0.153 e. The molecule has 1 aromatic carbocycles. The Hall–Kier alpha value is -1.59. The molecule has 4 nitrogen and oxygen atoms in total. The fourth-order valence-corrected chi connectivity index (χ4v) is 3.10. The highest BCUT2D eigenvalue weighted by molar-refractivity contribution is 9.10. The number of pyridine rings is 1. The Kier molecular flexibility index (Phi) is 3.87. The molecule has 0 aliphatic carbocycles. The van der Waals surface area contributed by atoms with E-state index >= 15 is 0 Å². The number of rotatable bonds is 2. The van der Waals surface area contributed by atoms with Crippen LogP contribution in [0.5, 0.6) is 0 Å². The third kappa shape index (κ3) is 2.63. The van der Waals surface area contributed by atoms with Crippen molar-refractivity contribution in [3.8, 4) is 0 Å². The molecule has 0 radical (unpaired) electrons. The quantitative estimate of drug-likeness (QED) is 0.907. The Labute approximate surface area is 133 Å². The predicted molar refractivity (Wildman–Crippen MR) is 93.7 cm³/mol. The van der Waals surface area contributed by atoms with Gasteiger partial charge in [-0.2, -0.15) is 0 Å². The Balaban J connectivity index is 2.13. The molecule has 2 aromatic rings. The summed E-state index contributed by atoms with van der Waals surface area (Å²) in [7, 11) is 2.14. The number of likely N-dealkylation sites (N-methyl/N-ethyl adjacent to an activating group) is 1. The van der Waals surface area contributed by atoms with Crippen LogP contribution < -0.4 is 10.6 Å². The second-order valence-electron chi connectivity index (χ2n) is 5.42. The van der Waals surface area contributed by atoms with E-state index in [1.165, 1.54) is 0 Å². The minimum Gasteiger partial charge on any atom is -0.395 e. The first-order valence-electron chi connectivity index (χ1n) is 7.05. The second kappa shape index (κ2) is 5.66. The molecule has 1 aliphatic rings. The number of aromatic nitrogens is 1. The first-order chi connectivity index (χ1) is 10.1. The molecule has 0 atom stereocenters. The van der Waals surface area contributed by atoms with E-state index in [9.17, 15) is 0 Å². The molecule has 0 saturated carbocycles. The Morgan fingerprint density at radius 2 is 2.00 bits per heavy atom. The minimum atomic E-state index is 0.722. The van der Waals surface area contributed by atoms with Crippen LogP contribution in [0.3, 0.4) is 0 Å². The van der Waals surface area contributed by atoms with Gasteiger partial charge in [0.05, 0.1) is 11.2 Å². The number of fused-ring (bicyclic) bond motifs is 1. The fourth-order valence-electron chi connectivity index (χ4n) is 2.74. The van der Waals surface area contributed by atoms with Crippen molar-refractivity contribution < 1.29 is 0 Å². The number of hydrogen-bond donors (Lipinski definition) is 1. The largest absolute Gasteiger partial charge is 0.395 e. The number of nitrogens with zero attached hydrogens (tertiary/aromatic N) is 3. The summed E-state index contributed by atoms with van der Waals surface area (Å²) >= 11 is 3.50. The summed E-state index contributed by atoms with van der Waals surface area (Å²) in [5.41, 5.74) is 9.02. The normalized spacial score (nSPS) is 16.4. The van der Waals surface area contributed by atoms with Gasteiger partial charge in [-0.1, -0.05) is 28.6 Å². The van der Waals surface area contributed by atoms with Crippen LogP contribution in [-0.4, -0.2) is 43.1 Å². The number of hydrogen-bond acceptors (Lipinski definition) is 4. The molecule has 1 aromatic heterocycles. The number of anilines is 2. The first-order valence-corrected chi connectivity index (χ1v) is 7.84. The second-order valence-corrected chi connectivity index (χ2v) is 6.33. The standard InChI is InChI=1S/C16H19BrN4/c1-3-12-13-10-11(17)4-5-14(13)19-16(15(12)18)21-8-6-20(2)7-9-21/h3-5,10H,1,6-9,18H2,2H3. The van der Waals surface area contributed by atoms with Crippen LogP contribution >= 0.6 is 15.9 Å². The molecule has 1 aliphatic heterocycles. The van der Waals surface area contributed by atoms with Crippen LogP contribution in [0.15, 0.2) is 29.3 Å². The van der Waals surface area contributed by atoms with E-state index in [1.807, 2.05) is 24.3 Å². The maximum absolute atomic E-state index is 6.37. The average molecular weight is 347 g/mol. The maximum atomic E-state index is 6.37. The highest BCUT2D eigenvalue weighted by Gasteiger charge is 2.20. The van der Waals surface area contributed by atoms with Gasteiger partial charge in [0.15, 0.2) is 5.82 Å². The topological polar surface area (TPSA) is 45.4 Å². The van der Waals surface area contributed by atoms with Crippen LogP contribution in [0.1, 0.15) is 5.56 Å². The molecule has 0 spiro atoms. The van der Waals surface area contributed by atoms with E-state index in [1.54, 1.807) is 0 Å². The molecule has 0 bridgehead atoms. The summed E-state index contributed by atoms with van der Waals surface area (Å²) in [5, 5.41) is 1.04. The highest BCUT2D eigenvalue weighted by atomic mass is 79.9. The molecule has 1 fully saturated rings. The van der Waals surface area contributed by atoms with Gasteiger partial charge in [0.2, 0.25) is 0 Å². The van der Waals surface area contributed by atoms with Gasteiger partial charge >= 0.3 is 0 Å². The van der Waals surface area contributed by atoms with Crippen LogP contribution in [0.2, 0.25) is 0 Å². The predicted octanol–water partition coefficient (Wildman–Crippen LogP) is 2.97. The summed E-state index contributed by atoms with van der Waals surface area (Å²) in [6.07, 6.45) is 1.82. The lowest BCUT2D eigenvalue weighted by Crippen LogP contribution is -2.45. The van der Waals surface area contributed by atoms with E-state index in [2.05, 4.69) is 39.4 Å². The lowest BCUT2D eigenvalue weighted by Gasteiger charge is -2.34. The molecule has 2 N–H and O–H groups in total. The lowest BCUT2D eigenvalue weighted by molar-refractivity contribution is 0.312. The summed E-state index contributed by atoms with van der Waals surface area (Å²) in [5.74, 6) is 0.882. The van der Waals surface area contributed by atoms with Crippen molar-refractivity contribution in [1.82, 2.24) is 9.88 Å². The molecule has 0 amide bonds. The average Bonchev–Trinajstić information content (AvgIpc) is 2.48. The maximum Gasteiger partial charge on any atom is 0.153 e. The highest BCUT2D eigenvalue weighted by Crippen LogP contribution is 2.33. The number of piperazine rings is 1. The van der Waals surface area contributed by atoms with E-state index in [0.717, 1.165) is 58.6 Å². The Bertz CT molecular complexity index is 690. The van der Waals surface area contributed by atoms with Gasteiger partial charge in [0.1, 0.15) is 0 Å². The van der Waals surface area contributed by atoms with Crippen molar-refractivity contribution in [3.63, 3.8) is 0 Å². The molecular weight excluding hydrogens is 328 g/mol. The molecule has 3 rings (SSSR count). The third-order valence-corrected chi connectivity index (χ3v) is 4.51. The van der Waals surface area contributed by atoms with Crippen LogP contribution in [0, 0.1) is 0 Å². The Morgan fingerprint density at radius 3 is 2.67 bits per heavy atom. The van der Waals surface area contributed by atoms with E-state index in [4.69, 9.17) is 10.7 Å². The van der Waals surface area contributed by atoms with Crippen molar-refractivity contribution in [3.05, 3.63) is 34.8 Å². The number of halogens is 1. The molecule has 5 heteroatoms. The minimum absolute atomic E-state index is 0.722. The van der Waals surface area contributed by atoms with Crippen molar-refractivity contribution in [1.29, 1.82) is 0 Å². The van der Waals surface area contributed by atoms with Crippen molar-refractivity contribution in [2.45, 2.75) is 0 Å². The number of nitrogens with two attached hydrogens (primary N) is 1. The molecular formula is C16H19BrN4. The SMILES string of the molecule is C=Cc1c(N)c(N2CCN(C)CC2)nc2ccc(Br)cc12. The first kappa shape index (κ1) is 14.4. The Morgan fingerprint density at radius 1 is 1.29 bits per heavy atom. The summed E-state index contributed by atoms with van der Waals surface area (Å²) < 4.78 is 1.02. The molecule has 0 unspecified atom stereocenters. The fraction of sp³-hybridized carbons (Fsp3) is 0.312. The summed E-state index contributed by atoms with van der Waals surface area (Å²) in [4.78, 5) is 9.37. The van der Waals surface area contributed by atoms with E-state index in [-0.39, 0.29) is 0 Å². The number of benzene rings is 1. The van der Waals surface area contributed by atoms with Gasteiger partial charge in [-0.3, -0.25) is 0 Å². The van der Waals surface area contributed by atoms with Gasteiger partial charge in [-0.15, -0.1) is 0 Å². The number of nitrogen functional groups attached to an aromatic ring is 1. The van der Waals surface area contributed by atoms with Gasteiger partial charge in [-0.25, -0.2) is 4.98 Å². The zero-order valence-corrected chi connectivity index (χ0v) is 13.7. The van der Waals surface area contributed by atoms with Crippen LogP contribution in [0.4, 0.5) is 11.5 Å². The van der Waals surface area contributed by atoms with Crippen LogP contribution in [-0.2, 0) is 0 Å². The van der Waals surface area contributed by atoms with Gasteiger partial charge in [-0.05, 0) is 25.2 Å². The van der Waals surface area contributed by atoms with Gasteiger partial charge < -0.3 is 15.5 Å². The summed E-state index contributed by atoms with van der Waals surface area (Å²) in [6.45, 7) is 7.88. The van der Waals surface area contributed by atoms with E-state index in [0.29, 0.717) is 0 Å². The van der Waals surface area contributed by atoms with Crippen molar-refractivity contribution in [2.75, 3.05) is 43.9 Å². The monoisotopic (exact) mass is 346 g/mol. The van der Waals surface area contributed by atoms with E-state index < -0.39 is 0 Å². The van der Waals surface area contributed by atoms with Crippen LogP contribution in [0.25, 0.3) is 17.0 Å². The van der Waals surface area contributed by atoms with Gasteiger partial charge in [0, 0.05) is 41.6 Å². The summed E-state index contributed by atoms with van der Waals surface area (Å²) in [6, 6.07) is 6.07. The lowest BCUT2D eigenvalue weighted by atomic mass is 10.1. The molecule has 1 saturated heterocycles. The zero-order valence-electron chi connectivity index (χ0n) is 12.1. The van der Waals surface area contributed by atoms with Crippen molar-refractivity contribution >= 4 is 44.4 Å². The van der Waals surface area contributed by atoms with Gasteiger partial charge in [0.25, 0.3) is 0 Å².